The molecule has 2 aromatic rings. The van der Waals surface area contributed by atoms with Gasteiger partial charge >= 0.3 is 5.97 Å². The highest BCUT2D eigenvalue weighted by atomic mass is 32.1. The molecule has 0 bridgehead atoms. The maximum absolute atomic E-state index is 11.5. The van der Waals surface area contributed by atoms with Gasteiger partial charge in [0.2, 0.25) is 0 Å². The second kappa shape index (κ2) is 6.51. The number of hydrogen-bond acceptors (Lipinski definition) is 7. The van der Waals surface area contributed by atoms with Crippen LogP contribution in [0.25, 0.3) is 0 Å². The van der Waals surface area contributed by atoms with Gasteiger partial charge in [0.1, 0.15) is 6.26 Å². The zero-order chi connectivity index (χ0) is 14.5. The van der Waals surface area contributed by atoms with Gasteiger partial charge in [0.15, 0.2) is 5.69 Å². The Hall–Kier alpha value is -1.89. The summed E-state index contributed by atoms with van der Waals surface area (Å²) in [5, 5.41) is 0. The van der Waals surface area contributed by atoms with E-state index in [0.29, 0.717) is 12.6 Å². The van der Waals surface area contributed by atoms with Crippen LogP contribution >= 0.6 is 11.3 Å². The molecule has 0 amide bonds. The van der Waals surface area contributed by atoms with Crippen molar-refractivity contribution in [1.29, 1.82) is 0 Å². The van der Waals surface area contributed by atoms with Gasteiger partial charge in [0.05, 0.1) is 17.8 Å². The molecule has 0 saturated carbocycles. The van der Waals surface area contributed by atoms with Crippen LogP contribution in [-0.4, -0.2) is 36.1 Å². The quantitative estimate of drug-likeness (QED) is 0.762. The summed E-state index contributed by atoms with van der Waals surface area (Å²) in [6.07, 6.45) is 2.19. The summed E-state index contributed by atoms with van der Waals surface area (Å²) in [6.45, 7) is 4.81. The van der Waals surface area contributed by atoms with Gasteiger partial charge in [-0.1, -0.05) is 0 Å². The number of carbonyl (C=O) groups is 1. The number of aryl methyl sites for hydroxylation is 1. The highest BCUT2D eigenvalue weighted by Gasteiger charge is 2.15. The van der Waals surface area contributed by atoms with E-state index >= 15 is 0 Å². The Morgan fingerprint density at radius 2 is 2.35 bits per heavy atom. The minimum Gasteiger partial charge on any atom is -0.461 e. The number of esters is 1. The first kappa shape index (κ1) is 14.5. The van der Waals surface area contributed by atoms with Crippen molar-refractivity contribution in [3.8, 4) is 0 Å². The highest BCUT2D eigenvalue weighted by Crippen LogP contribution is 2.16. The fraction of sp³-hybridized carbons (Fsp3) is 0.462. The van der Waals surface area contributed by atoms with Gasteiger partial charge in [-0.25, -0.2) is 9.78 Å². The Kier molecular flexibility index (Phi) is 4.73. The van der Waals surface area contributed by atoms with Crippen molar-refractivity contribution in [2.75, 3.05) is 25.1 Å². The number of hydrogen-bond donors (Lipinski definition) is 0. The Bertz CT molecular complexity index is 579. The minimum atomic E-state index is -0.464. The smallest absolute Gasteiger partial charge is 0.360 e. The van der Waals surface area contributed by atoms with Gasteiger partial charge in [-0.05, 0) is 13.8 Å². The average molecular weight is 295 g/mol. The van der Waals surface area contributed by atoms with Gasteiger partial charge in [-0.2, -0.15) is 4.98 Å². The van der Waals surface area contributed by atoms with Crippen LogP contribution in [0.1, 0.15) is 28.0 Å². The van der Waals surface area contributed by atoms with Gasteiger partial charge < -0.3 is 14.1 Å². The number of nitrogens with zero attached hydrogens (tertiary/aromatic N) is 3. The van der Waals surface area contributed by atoms with Crippen molar-refractivity contribution in [2.24, 2.45) is 0 Å². The van der Waals surface area contributed by atoms with Crippen molar-refractivity contribution in [3.63, 3.8) is 0 Å². The summed E-state index contributed by atoms with van der Waals surface area (Å²) < 4.78 is 10.2. The van der Waals surface area contributed by atoms with E-state index in [1.54, 1.807) is 18.3 Å². The summed E-state index contributed by atoms with van der Waals surface area (Å²) in [5.41, 5.74) is 3.10. The van der Waals surface area contributed by atoms with Crippen molar-refractivity contribution >= 4 is 23.3 Å². The number of ether oxygens (including phenoxy) is 1. The lowest BCUT2D eigenvalue weighted by molar-refractivity contribution is 0.0519. The van der Waals surface area contributed by atoms with Crippen molar-refractivity contribution in [2.45, 2.75) is 20.3 Å². The molecule has 0 atom stereocenters. The van der Waals surface area contributed by atoms with Crippen LogP contribution in [0.2, 0.25) is 0 Å². The van der Waals surface area contributed by atoms with Crippen LogP contribution in [0.5, 0.6) is 0 Å². The molecule has 0 saturated heterocycles. The van der Waals surface area contributed by atoms with Crippen LogP contribution in [0, 0.1) is 6.92 Å². The van der Waals surface area contributed by atoms with E-state index in [4.69, 9.17) is 9.15 Å². The SMILES string of the molecule is CCOC(=O)c1coc(N(C)CCc2scnc2C)n1. The van der Waals surface area contributed by atoms with E-state index in [2.05, 4.69) is 9.97 Å². The van der Waals surface area contributed by atoms with Gasteiger partial charge in [-0.15, -0.1) is 11.3 Å². The third-order valence-electron chi connectivity index (χ3n) is 2.82. The fourth-order valence-electron chi connectivity index (χ4n) is 1.67. The summed E-state index contributed by atoms with van der Waals surface area (Å²) in [4.78, 5) is 22.9. The molecule has 0 aliphatic rings. The molecule has 0 aromatic carbocycles. The number of likely N-dealkylation sites (N-methyl/N-ethyl adjacent to an activating group) is 1. The van der Waals surface area contributed by atoms with E-state index in [0.717, 1.165) is 18.7 Å². The van der Waals surface area contributed by atoms with Crippen LogP contribution < -0.4 is 4.90 Å². The molecular weight excluding hydrogens is 278 g/mol. The number of thiazole rings is 1. The molecule has 0 spiro atoms. The Morgan fingerprint density at radius 3 is 3.00 bits per heavy atom. The van der Waals surface area contributed by atoms with E-state index in [1.165, 1.54) is 11.1 Å². The first-order chi connectivity index (χ1) is 9.61. The van der Waals surface area contributed by atoms with Crippen molar-refractivity contribution < 1.29 is 13.9 Å². The third-order valence-corrected chi connectivity index (χ3v) is 3.82. The Morgan fingerprint density at radius 1 is 1.55 bits per heavy atom. The average Bonchev–Trinajstić information content (AvgIpc) is 3.05. The number of anilines is 1. The van der Waals surface area contributed by atoms with Crippen LogP contribution in [0.15, 0.2) is 16.2 Å². The van der Waals surface area contributed by atoms with Crippen molar-refractivity contribution in [1.82, 2.24) is 9.97 Å². The lowest BCUT2D eigenvalue weighted by atomic mass is 10.3. The monoisotopic (exact) mass is 295 g/mol. The normalized spacial score (nSPS) is 10.6. The highest BCUT2D eigenvalue weighted by molar-refractivity contribution is 7.09. The minimum absolute atomic E-state index is 0.197. The first-order valence-electron chi connectivity index (χ1n) is 6.34. The zero-order valence-electron chi connectivity index (χ0n) is 11.8. The largest absolute Gasteiger partial charge is 0.461 e. The molecule has 2 rings (SSSR count). The molecule has 0 N–H and O–H groups in total. The molecule has 7 heteroatoms. The zero-order valence-corrected chi connectivity index (χ0v) is 12.6. The van der Waals surface area contributed by atoms with E-state index < -0.39 is 5.97 Å². The van der Waals surface area contributed by atoms with Gasteiger partial charge in [0, 0.05) is 24.9 Å². The summed E-state index contributed by atoms with van der Waals surface area (Å²) in [5.74, 6) is -0.464. The van der Waals surface area contributed by atoms with Gasteiger partial charge in [-0.3, -0.25) is 0 Å². The predicted octanol–water partition coefficient (Wildman–Crippen LogP) is 2.30. The van der Waals surface area contributed by atoms with E-state index in [-0.39, 0.29) is 5.69 Å². The predicted molar refractivity (Wildman–Crippen MR) is 76.3 cm³/mol. The molecule has 2 heterocycles. The molecule has 108 valence electrons. The number of oxazole rings is 1. The molecule has 0 aliphatic heterocycles. The number of carbonyl (C=O) groups excluding carboxylic acids is 1. The van der Waals surface area contributed by atoms with Gasteiger partial charge in [0.25, 0.3) is 6.01 Å². The maximum atomic E-state index is 11.5. The summed E-state index contributed by atoms with van der Waals surface area (Å²) >= 11 is 1.64. The Balaban J connectivity index is 1.94. The summed E-state index contributed by atoms with van der Waals surface area (Å²) in [7, 11) is 1.87. The number of rotatable bonds is 6. The molecule has 0 unspecified atom stereocenters. The first-order valence-corrected chi connectivity index (χ1v) is 7.22. The maximum Gasteiger partial charge on any atom is 0.360 e. The Labute approximate surface area is 121 Å². The lowest BCUT2D eigenvalue weighted by Gasteiger charge is -2.13. The molecule has 0 radical (unpaired) electrons. The second-order valence-corrected chi connectivity index (χ2v) is 5.21. The van der Waals surface area contributed by atoms with E-state index in [1.807, 2.05) is 24.4 Å². The van der Waals surface area contributed by atoms with Crippen LogP contribution in [-0.2, 0) is 11.2 Å². The molecule has 2 aromatic heterocycles. The van der Waals surface area contributed by atoms with Crippen LogP contribution in [0.4, 0.5) is 6.01 Å². The topological polar surface area (TPSA) is 68.5 Å². The molecule has 0 aliphatic carbocycles. The molecule has 0 fully saturated rings. The lowest BCUT2D eigenvalue weighted by Crippen LogP contribution is -2.20. The second-order valence-electron chi connectivity index (χ2n) is 4.27. The van der Waals surface area contributed by atoms with Crippen LogP contribution in [0.3, 0.4) is 0 Å². The van der Waals surface area contributed by atoms with E-state index in [9.17, 15) is 4.79 Å². The van der Waals surface area contributed by atoms with Crippen molar-refractivity contribution in [3.05, 3.63) is 28.0 Å². The molecule has 20 heavy (non-hydrogen) atoms. The molecular formula is C13H17N3O3S. The molecule has 6 nitrogen and oxygen atoms in total. The summed E-state index contributed by atoms with van der Waals surface area (Å²) in [6, 6.07) is 0.412. The fourth-order valence-corrected chi connectivity index (χ4v) is 2.44. The third kappa shape index (κ3) is 3.36. The number of aromatic nitrogens is 2. The standard InChI is InChI=1S/C13H17N3O3S/c1-4-18-12(17)10-7-19-13(15-10)16(3)6-5-11-9(2)14-8-20-11/h7-8H,4-6H2,1-3H3.